The lowest BCUT2D eigenvalue weighted by molar-refractivity contribution is 0.133. The molecule has 1 aromatic rings. The number of nitrogens with zero attached hydrogens (tertiary/aromatic N) is 3. The quantitative estimate of drug-likeness (QED) is 0.895. The van der Waals surface area contributed by atoms with Crippen molar-refractivity contribution in [1.82, 2.24) is 20.0 Å². The summed E-state index contributed by atoms with van der Waals surface area (Å²) in [6.07, 6.45) is 8.85. The lowest BCUT2D eigenvalue weighted by atomic mass is 9.97. The molecule has 0 saturated carbocycles. The minimum absolute atomic E-state index is 0.758. The highest BCUT2D eigenvalue weighted by molar-refractivity contribution is 5.15. The Morgan fingerprint density at radius 3 is 2.60 bits per heavy atom. The maximum atomic E-state index is 4.49. The van der Waals surface area contributed by atoms with E-state index in [1.165, 1.54) is 49.9 Å². The van der Waals surface area contributed by atoms with E-state index in [2.05, 4.69) is 35.4 Å². The monoisotopic (exact) mass is 276 g/mol. The van der Waals surface area contributed by atoms with Crippen molar-refractivity contribution in [3.8, 4) is 0 Å². The van der Waals surface area contributed by atoms with Gasteiger partial charge in [0.2, 0.25) is 0 Å². The number of fused-ring (bicyclic) bond motifs is 2. The van der Waals surface area contributed by atoms with Gasteiger partial charge in [-0.3, -0.25) is 9.58 Å². The van der Waals surface area contributed by atoms with E-state index < -0.39 is 0 Å². The van der Waals surface area contributed by atoms with Crippen molar-refractivity contribution in [3.63, 3.8) is 0 Å². The second-order valence-corrected chi connectivity index (χ2v) is 6.65. The third kappa shape index (κ3) is 2.91. The molecule has 112 valence electrons. The van der Waals surface area contributed by atoms with E-state index in [0.29, 0.717) is 0 Å². The van der Waals surface area contributed by atoms with Crippen LogP contribution in [0.4, 0.5) is 0 Å². The number of aryl methyl sites for hydroxylation is 2. The predicted octanol–water partition coefficient (Wildman–Crippen LogP) is 2.22. The molecule has 2 aliphatic rings. The first kappa shape index (κ1) is 14.1. The summed E-state index contributed by atoms with van der Waals surface area (Å²) in [4.78, 5) is 2.70. The lowest BCUT2D eigenvalue weighted by Crippen LogP contribution is -2.48. The number of hydrogen-bond donors (Lipinski definition) is 1. The summed E-state index contributed by atoms with van der Waals surface area (Å²) in [7, 11) is 2.02. The van der Waals surface area contributed by atoms with Crippen LogP contribution in [0.1, 0.15) is 50.3 Å². The van der Waals surface area contributed by atoms with Gasteiger partial charge in [-0.25, -0.2) is 0 Å². The molecular formula is C16H28N4. The normalized spacial score (nSPS) is 29.3. The van der Waals surface area contributed by atoms with Crippen LogP contribution in [0, 0.1) is 6.92 Å². The maximum absolute atomic E-state index is 4.49. The van der Waals surface area contributed by atoms with Gasteiger partial charge in [0.05, 0.1) is 5.69 Å². The first-order valence-corrected chi connectivity index (χ1v) is 8.15. The van der Waals surface area contributed by atoms with E-state index in [1.807, 2.05) is 11.7 Å². The highest BCUT2D eigenvalue weighted by Crippen LogP contribution is 2.30. The van der Waals surface area contributed by atoms with Gasteiger partial charge < -0.3 is 5.32 Å². The summed E-state index contributed by atoms with van der Waals surface area (Å²) in [5.74, 6) is 0. The largest absolute Gasteiger partial charge is 0.311 e. The third-order valence-electron chi connectivity index (χ3n) is 4.96. The van der Waals surface area contributed by atoms with Crippen molar-refractivity contribution < 1.29 is 0 Å². The molecule has 3 rings (SSSR count). The fourth-order valence-corrected chi connectivity index (χ4v) is 4.03. The highest BCUT2D eigenvalue weighted by atomic mass is 15.3. The van der Waals surface area contributed by atoms with Crippen LogP contribution in [0.3, 0.4) is 0 Å². The van der Waals surface area contributed by atoms with Crippen molar-refractivity contribution in [2.24, 2.45) is 7.05 Å². The average Bonchev–Trinajstić information content (AvgIpc) is 2.91. The second-order valence-electron chi connectivity index (χ2n) is 6.65. The van der Waals surface area contributed by atoms with Gasteiger partial charge in [-0.1, -0.05) is 6.92 Å². The van der Waals surface area contributed by atoms with Crippen LogP contribution in [-0.2, 0) is 13.6 Å². The molecule has 2 fully saturated rings. The third-order valence-corrected chi connectivity index (χ3v) is 4.96. The zero-order valence-corrected chi connectivity index (χ0v) is 13.1. The number of rotatable bonds is 5. The maximum Gasteiger partial charge on any atom is 0.0638 e. The Labute approximate surface area is 122 Å². The number of aromatic nitrogens is 2. The molecule has 0 aliphatic carbocycles. The molecule has 0 spiro atoms. The topological polar surface area (TPSA) is 33.1 Å². The van der Waals surface area contributed by atoms with Gasteiger partial charge >= 0.3 is 0 Å². The van der Waals surface area contributed by atoms with Crippen LogP contribution in [0.25, 0.3) is 0 Å². The Kier molecular flexibility index (Phi) is 4.13. The van der Waals surface area contributed by atoms with Gasteiger partial charge in [-0.05, 0) is 45.6 Å². The summed E-state index contributed by atoms with van der Waals surface area (Å²) >= 11 is 0. The van der Waals surface area contributed by atoms with Gasteiger partial charge in [-0.2, -0.15) is 5.10 Å². The van der Waals surface area contributed by atoms with Crippen LogP contribution < -0.4 is 5.32 Å². The SMILES string of the molecule is CCCN(Cc1cn(C)nc1C)C1CC2CCC(C1)N2. The van der Waals surface area contributed by atoms with Crippen molar-refractivity contribution in [1.29, 1.82) is 0 Å². The fraction of sp³-hybridized carbons (Fsp3) is 0.812. The molecule has 0 amide bonds. The summed E-state index contributed by atoms with van der Waals surface area (Å²) < 4.78 is 1.95. The smallest absolute Gasteiger partial charge is 0.0638 e. The van der Waals surface area contributed by atoms with E-state index in [9.17, 15) is 0 Å². The Morgan fingerprint density at radius 1 is 1.35 bits per heavy atom. The molecule has 20 heavy (non-hydrogen) atoms. The lowest BCUT2D eigenvalue weighted by Gasteiger charge is -2.37. The molecular weight excluding hydrogens is 248 g/mol. The molecule has 2 aliphatic heterocycles. The van der Waals surface area contributed by atoms with Gasteiger partial charge in [0.1, 0.15) is 0 Å². The Hall–Kier alpha value is -0.870. The standard InChI is InChI=1S/C16H28N4/c1-4-7-20(11-13-10-19(3)18-12(13)2)16-8-14-5-6-15(9-16)17-14/h10,14-17H,4-9,11H2,1-3H3. The summed E-state index contributed by atoms with van der Waals surface area (Å²) in [6.45, 7) is 6.69. The molecule has 3 heterocycles. The van der Waals surface area contributed by atoms with Crippen LogP contribution in [0.15, 0.2) is 6.20 Å². The van der Waals surface area contributed by atoms with Gasteiger partial charge in [0, 0.05) is 43.5 Å². The van der Waals surface area contributed by atoms with Crippen molar-refractivity contribution in [2.75, 3.05) is 6.54 Å². The molecule has 2 unspecified atom stereocenters. The van der Waals surface area contributed by atoms with Crippen LogP contribution >= 0.6 is 0 Å². The summed E-state index contributed by atoms with van der Waals surface area (Å²) in [6, 6.07) is 2.30. The number of nitrogens with one attached hydrogen (secondary N) is 1. The predicted molar refractivity (Wildman–Crippen MR) is 81.6 cm³/mol. The molecule has 2 atom stereocenters. The zero-order valence-electron chi connectivity index (χ0n) is 13.1. The Morgan fingerprint density at radius 2 is 2.05 bits per heavy atom. The molecule has 1 aromatic heterocycles. The van der Waals surface area contributed by atoms with Crippen molar-refractivity contribution in [3.05, 3.63) is 17.5 Å². The number of piperidine rings is 1. The van der Waals surface area contributed by atoms with Crippen LogP contribution in [0.2, 0.25) is 0 Å². The van der Waals surface area contributed by atoms with E-state index in [0.717, 1.165) is 24.7 Å². The summed E-state index contributed by atoms with van der Waals surface area (Å²) in [5, 5.41) is 8.24. The Bertz CT molecular complexity index is 441. The average molecular weight is 276 g/mol. The van der Waals surface area contributed by atoms with Crippen LogP contribution in [0.5, 0.6) is 0 Å². The van der Waals surface area contributed by atoms with E-state index in [-0.39, 0.29) is 0 Å². The van der Waals surface area contributed by atoms with E-state index in [4.69, 9.17) is 0 Å². The minimum Gasteiger partial charge on any atom is -0.311 e. The molecule has 2 bridgehead atoms. The minimum atomic E-state index is 0.758. The second kappa shape index (κ2) is 5.86. The highest BCUT2D eigenvalue weighted by Gasteiger charge is 2.35. The molecule has 0 radical (unpaired) electrons. The van der Waals surface area contributed by atoms with Crippen LogP contribution in [-0.4, -0.2) is 39.4 Å². The van der Waals surface area contributed by atoms with Gasteiger partial charge in [-0.15, -0.1) is 0 Å². The summed E-state index contributed by atoms with van der Waals surface area (Å²) in [5.41, 5.74) is 2.58. The molecule has 4 heteroatoms. The zero-order chi connectivity index (χ0) is 14.1. The molecule has 2 saturated heterocycles. The van der Waals surface area contributed by atoms with Gasteiger partial charge in [0.15, 0.2) is 0 Å². The molecule has 1 N–H and O–H groups in total. The number of hydrogen-bond acceptors (Lipinski definition) is 3. The fourth-order valence-electron chi connectivity index (χ4n) is 4.03. The Balaban J connectivity index is 1.70. The molecule has 4 nitrogen and oxygen atoms in total. The van der Waals surface area contributed by atoms with Crippen molar-refractivity contribution in [2.45, 2.75) is 70.6 Å². The first-order chi connectivity index (χ1) is 9.65. The van der Waals surface area contributed by atoms with Crippen molar-refractivity contribution >= 4 is 0 Å². The first-order valence-electron chi connectivity index (χ1n) is 8.15. The van der Waals surface area contributed by atoms with E-state index in [1.54, 1.807) is 0 Å². The van der Waals surface area contributed by atoms with Gasteiger partial charge in [0.25, 0.3) is 0 Å². The molecule has 0 aromatic carbocycles. The van der Waals surface area contributed by atoms with E-state index >= 15 is 0 Å².